The number of benzene rings is 1. The number of esters is 1. The number of nitrogens with zero attached hydrogens (tertiary/aromatic N) is 4. The highest BCUT2D eigenvalue weighted by atomic mass is 19.1. The van der Waals surface area contributed by atoms with Crippen LogP contribution in [0.5, 0.6) is 0 Å². The van der Waals surface area contributed by atoms with Gasteiger partial charge in [0.25, 0.3) is 5.91 Å². The number of Topliss-reactive ketones (excluding diaryl/α,β-unsaturated/α-hetero) is 1. The molecular weight excluding hydrogens is 539 g/mol. The highest BCUT2D eigenvalue weighted by molar-refractivity contribution is 5.99. The van der Waals surface area contributed by atoms with Gasteiger partial charge in [0, 0.05) is 37.5 Å². The van der Waals surface area contributed by atoms with Crippen molar-refractivity contribution in [3.05, 3.63) is 70.9 Å². The molecule has 1 saturated heterocycles. The van der Waals surface area contributed by atoms with Crippen LogP contribution in [0.4, 0.5) is 4.39 Å². The molecule has 0 bridgehead atoms. The Morgan fingerprint density at radius 1 is 1.12 bits per heavy atom. The van der Waals surface area contributed by atoms with E-state index < -0.39 is 23.6 Å². The lowest BCUT2D eigenvalue weighted by molar-refractivity contribution is -0.164. The molecule has 10 heteroatoms. The van der Waals surface area contributed by atoms with Crippen LogP contribution in [0.25, 0.3) is 5.65 Å². The van der Waals surface area contributed by atoms with E-state index in [-0.39, 0.29) is 35.7 Å². The second-order valence-corrected chi connectivity index (χ2v) is 12.7. The van der Waals surface area contributed by atoms with Crippen LogP contribution in [0.15, 0.2) is 42.7 Å². The fourth-order valence-electron chi connectivity index (χ4n) is 5.25. The predicted molar refractivity (Wildman–Crippen MR) is 156 cm³/mol. The summed E-state index contributed by atoms with van der Waals surface area (Å²) in [6.07, 6.45) is 3.76. The number of fused-ring (bicyclic) bond motifs is 1. The van der Waals surface area contributed by atoms with Gasteiger partial charge in [-0.15, -0.1) is 0 Å². The fraction of sp³-hybridized carbons (Fsp3) is 0.500. The largest absolute Gasteiger partial charge is 0.467 e. The Hall–Kier alpha value is -3.63. The first-order chi connectivity index (χ1) is 19.7. The van der Waals surface area contributed by atoms with Crippen molar-refractivity contribution in [2.24, 2.45) is 5.41 Å². The van der Waals surface area contributed by atoms with Crippen molar-refractivity contribution in [1.82, 2.24) is 19.4 Å². The van der Waals surface area contributed by atoms with Gasteiger partial charge in [0.2, 0.25) is 0 Å². The number of carbonyl (C=O) groups is 3. The van der Waals surface area contributed by atoms with Gasteiger partial charge in [0.1, 0.15) is 17.2 Å². The molecular formula is C32H41FN4O5. The third kappa shape index (κ3) is 7.22. The van der Waals surface area contributed by atoms with Gasteiger partial charge in [0.15, 0.2) is 11.9 Å². The standard InChI is InChI=1S/C32H41FN4O5/c1-21-18-25-34-14-17-36(25)27(26(21)28(30(40)41-7)42-31(2,3)4)29(39)37(35-15-12-32(5,6)13-16-35)20-24(38)19-22-8-10-23(33)11-9-22/h8-11,14,17-18,28H,12-13,15-16,19-20H2,1-7H3. The summed E-state index contributed by atoms with van der Waals surface area (Å²) in [6.45, 7) is 12.6. The number of hydrazine groups is 1. The predicted octanol–water partition coefficient (Wildman–Crippen LogP) is 5.10. The molecule has 3 aromatic rings. The topological polar surface area (TPSA) is 93.5 Å². The molecule has 2 aromatic heterocycles. The summed E-state index contributed by atoms with van der Waals surface area (Å²) in [4.78, 5) is 45.7. The number of halogens is 1. The van der Waals surface area contributed by atoms with Gasteiger partial charge in [-0.1, -0.05) is 26.0 Å². The van der Waals surface area contributed by atoms with E-state index in [1.807, 2.05) is 25.8 Å². The summed E-state index contributed by atoms with van der Waals surface area (Å²) < 4.78 is 26.4. The summed E-state index contributed by atoms with van der Waals surface area (Å²) in [5.41, 5.74) is 1.73. The number of amides is 1. The lowest BCUT2D eigenvalue weighted by atomic mass is 9.83. The van der Waals surface area contributed by atoms with Crippen molar-refractivity contribution in [3.8, 4) is 0 Å². The third-order valence-corrected chi connectivity index (χ3v) is 7.60. The number of carbonyl (C=O) groups excluding carboxylic acids is 3. The molecule has 1 aromatic carbocycles. The number of aryl methyl sites for hydroxylation is 1. The Morgan fingerprint density at radius 3 is 2.36 bits per heavy atom. The Kier molecular flexibility index (Phi) is 9.18. The van der Waals surface area contributed by atoms with E-state index in [0.29, 0.717) is 35.4 Å². The highest BCUT2D eigenvalue weighted by Gasteiger charge is 2.38. The first-order valence-corrected chi connectivity index (χ1v) is 14.2. The van der Waals surface area contributed by atoms with Gasteiger partial charge in [-0.3, -0.25) is 19.0 Å². The van der Waals surface area contributed by atoms with Gasteiger partial charge in [0.05, 0.1) is 19.3 Å². The van der Waals surface area contributed by atoms with Crippen molar-refractivity contribution in [2.75, 3.05) is 26.7 Å². The molecule has 0 saturated carbocycles. The first-order valence-electron chi connectivity index (χ1n) is 14.2. The van der Waals surface area contributed by atoms with Crippen LogP contribution in [0, 0.1) is 18.2 Å². The molecule has 0 aliphatic carbocycles. The number of imidazole rings is 1. The molecule has 226 valence electrons. The highest BCUT2D eigenvalue weighted by Crippen LogP contribution is 2.34. The van der Waals surface area contributed by atoms with E-state index in [1.54, 1.807) is 41.9 Å². The number of ether oxygens (including phenoxy) is 2. The molecule has 3 heterocycles. The quantitative estimate of drug-likeness (QED) is 0.325. The van der Waals surface area contributed by atoms with E-state index in [0.717, 1.165) is 12.8 Å². The molecule has 1 atom stereocenters. The van der Waals surface area contributed by atoms with Crippen molar-refractivity contribution in [3.63, 3.8) is 0 Å². The summed E-state index contributed by atoms with van der Waals surface area (Å²) in [6, 6.07) is 7.56. The van der Waals surface area contributed by atoms with Crippen molar-refractivity contribution >= 4 is 23.3 Å². The van der Waals surface area contributed by atoms with Crippen LogP contribution in [-0.4, -0.2) is 69.4 Å². The van der Waals surface area contributed by atoms with Gasteiger partial charge in [-0.25, -0.2) is 19.2 Å². The van der Waals surface area contributed by atoms with E-state index in [9.17, 15) is 18.8 Å². The molecule has 9 nitrogen and oxygen atoms in total. The summed E-state index contributed by atoms with van der Waals surface area (Å²) in [5, 5.41) is 3.41. The number of methoxy groups -OCH3 is 1. The maximum Gasteiger partial charge on any atom is 0.339 e. The Labute approximate surface area is 246 Å². The number of ketones is 1. The van der Waals surface area contributed by atoms with Gasteiger partial charge in [-0.2, -0.15) is 0 Å². The molecule has 1 aliphatic heterocycles. The smallest absolute Gasteiger partial charge is 0.339 e. The van der Waals surface area contributed by atoms with Crippen molar-refractivity contribution < 1.29 is 28.2 Å². The number of aromatic nitrogens is 2. The van der Waals surface area contributed by atoms with E-state index in [1.165, 1.54) is 24.3 Å². The molecule has 4 rings (SSSR count). The zero-order valence-electron chi connectivity index (χ0n) is 25.6. The minimum Gasteiger partial charge on any atom is -0.467 e. The minimum atomic E-state index is -1.20. The maximum absolute atomic E-state index is 14.7. The number of pyridine rings is 1. The second kappa shape index (κ2) is 12.3. The number of piperidine rings is 1. The molecule has 1 fully saturated rings. The number of hydrogen-bond donors (Lipinski definition) is 0. The molecule has 0 radical (unpaired) electrons. The van der Waals surface area contributed by atoms with E-state index >= 15 is 0 Å². The van der Waals surface area contributed by atoms with Crippen LogP contribution in [0.3, 0.4) is 0 Å². The average Bonchev–Trinajstić information content (AvgIpc) is 3.38. The fourth-order valence-corrected chi connectivity index (χ4v) is 5.25. The maximum atomic E-state index is 14.7. The normalized spacial score (nSPS) is 16.3. The number of rotatable bonds is 9. The minimum absolute atomic E-state index is 0.0441. The summed E-state index contributed by atoms with van der Waals surface area (Å²) in [5.74, 6) is -1.67. The van der Waals surface area contributed by atoms with Crippen LogP contribution in [-0.2, 0) is 25.5 Å². The summed E-state index contributed by atoms with van der Waals surface area (Å²) >= 11 is 0. The van der Waals surface area contributed by atoms with Crippen molar-refractivity contribution in [2.45, 2.75) is 72.5 Å². The molecule has 0 spiro atoms. The average molecular weight is 581 g/mol. The Balaban J connectivity index is 1.81. The van der Waals surface area contributed by atoms with Gasteiger partial charge in [-0.05, 0) is 75.3 Å². The van der Waals surface area contributed by atoms with E-state index in [4.69, 9.17) is 9.47 Å². The molecule has 42 heavy (non-hydrogen) atoms. The van der Waals surface area contributed by atoms with Crippen LogP contribution in [0.1, 0.15) is 80.7 Å². The van der Waals surface area contributed by atoms with Crippen LogP contribution in [0.2, 0.25) is 0 Å². The zero-order valence-corrected chi connectivity index (χ0v) is 25.6. The third-order valence-electron chi connectivity index (χ3n) is 7.60. The number of hydrogen-bond acceptors (Lipinski definition) is 7. The van der Waals surface area contributed by atoms with E-state index in [2.05, 4.69) is 18.8 Å². The zero-order chi connectivity index (χ0) is 30.8. The van der Waals surface area contributed by atoms with Crippen LogP contribution < -0.4 is 0 Å². The second-order valence-electron chi connectivity index (χ2n) is 12.7. The Bertz CT molecular complexity index is 1450. The SMILES string of the molecule is COC(=O)C(OC(C)(C)C)c1c(C)cc2nccn2c1C(=O)N(CC(=O)Cc1ccc(F)cc1)N1CCC(C)(C)CC1. The lowest BCUT2D eigenvalue weighted by Gasteiger charge is -2.42. The Morgan fingerprint density at radius 2 is 1.76 bits per heavy atom. The van der Waals surface area contributed by atoms with Crippen LogP contribution >= 0.6 is 0 Å². The summed E-state index contributed by atoms with van der Waals surface area (Å²) in [7, 11) is 1.28. The van der Waals surface area contributed by atoms with Gasteiger partial charge >= 0.3 is 5.97 Å². The monoisotopic (exact) mass is 580 g/mol. The molecule has 1 unspecified atom stereocenters. The molecule has 1 aliphatic rings. The van der Waals surface area contributed by atoms with Gasteiger partial charge < -0.3 is 9.47 Å². The first kappa shape index (κ1) is 31.3. The molecule has 0 N–H and O–H groups in total. The molecule has 1 amide bonds. The lowest BCUT2D eigenvalue weighted by Crippen LogP contribution is -2.53. The van der Waals surface area contributed by atoms with Crippen molar-refractivity contribution in [1.29, 1.82) is 0 Å².